The first-order chi connectivity index (χ1) is 15.7. The number of methoxy groups -OCH3 is 2. The standard InChI is InChI=1S/C26H24N4O2/c1-27-26-29-22-15-28-21(20-10-6-8-18-7-4-5-9-19(18)20)14-23(22)30(26)16-17-11-12-24(31-2)25(13-17)32-3/h4-15H,16H2,1-3H3,(H,27,29). The van der Waals surface area contributed by atoms with Crippen LogP contribution in [-0.4, -0.2) is 35.8 Å². The third kappa shape index (κ3) is 3.39. The molecule has 0 aliphatic carbocycles. The fraction of sp³-hybridized carbons (Fsp3) is 0.154. The van der Waals surface area contributed by atoms with Crippen LogP contribution < -0.4 is 14.8 Å². The first-order valence-corrected chi connectivity index (χ1v) is 10.4. The van der Waals surface area contributed by atoms with Crippen LogP contribution in [0.15, 0.2) is 72.9 Å². The molecule has 5 aromatic rings. The number of aromatic nitrogens is 3. The SMILES string of the molecule is CNc1nc2cnc(-c3cccc4ccccc34)cc2n1Cc1ccc(OC)c(OC)c1. The summed E-state index contributed by atoms with van der Waals surface area (Å²) < 4.78 is 13.0. The highest BCUT2D eigenvalue weighted by Crippen LogP contribution is 2.32. The molecule has 0 radical (unpaired) electrons. The summed E-state index contributed by atoms with van der Waals surface area (Å²) in [6.07, 6.45) is 1.85. The van der Waals surface area contributed by atoms with E-state index < -0.39 is 0 Å². The van der Waals surface area contributed by atoms with Gasteiger partial charge in [-0.1, -0.05) is 48.5 Å². The van der Waals surface area contributed by atoms with Gasteiger partial charge < -0.3 is 19.4 Å². The van der Waals surface area contributed by atoms with Crippen LogP contribution in [0.3, 0.4) is 0 Å². The van der Waals surface area contributed by atoms with Crippen LogP contribution in [0.25, 0.3) is 33.1 Å². The molecule has 0 aliphatic heterocycles. The largest absolute Gasteiger partial charge is 0.493 e. The summed E-state index contributed by atoms with van der Waals surface area (Å²) in [5.74, 6) is 2.20. The number of nitrogens with one attached hydrogen (secondary N) is 1. The van der Waals surface area contributed by atoms with Gasteiger partial charge >= 0.3 is 0 Å². The molecule has 160 valence electrons. The highest BCUT2D eigenvalue weighted by atomic mass is 16.5. The van der Waals surface area contributed by atoms with Crippen LogP contribution >= 0.6 is 0 Å². The van der Waals surface area contributed by atoms with Crippen molar-refractivity contribution in [3.8, 4) is 22.8 Å². The summed E-state index contributed by atoms with van der Waals surface area (Å²) in [6, 6.07) is 22.8. The molecule has 1 N–H and O–H groups in total. The van der Waals surface area contributed by atoms with Crippen LogP contribution in [-0.2, 0) is 6.54 Å². The number of imidazole rings is 1. The minimum atomic E-state index is 0.631. The summed E-state index contributed by atoms with van der Waals surface area (Å²) in [5.41, 5.74) is 4.98. The van der Waals surface area contributed by atoms with Crippen LogP contribution in [0.2, 0.25) is 0 Å². The molecule has 0 unspecified atom stereocenters. The van der Waals surface area contributed by atoms with Crippen molar-refractivity contribution in [2.24, 2.45) is 0 Å². The molecule has 0 spiro atoms. The van der Waals surface area contributed by atoms with E-state index >= 15 is 0 Å². The van der Waals surface area contributed by atoms with E-state index in [1.165, 1.54) is 10.8 Å². The van der Waals surface area contributed by atoms with Crippen LogP contribution in [0, 0.1) is 0 Å². The molecule has 5 rings (SSSR count). The maximum absolute atomic E-state index is 5.48. The maximum Gasteiger partial charge on any atom is 0.203 e. The predicted molar refractivity (Wildman–Crippen MR) is 129 cm³/mol. The van der Waals surface area contributed by atoms with Crippen LogP contribution in [0.1, 0.15) is 5.56 Å². The predicted octanol–water partition coefficient (Wildman–Crippen LogP) is 5.36. The molecule has 0 atom stereocenters. The van der Waals surface area contributed by atoms with Crippen molar-refractivity contribution in [3.05, 3.63) is 78.5 Å². The van der Waals surface area contributed by atoms with Gasteiger partial charge in [0.15, 0.2) is 11.5 Å². The lowest BCUT2D eigenvalue weighted by Crippen LogP contribution is -2.05. The fourth-order valence-electron chi connectivity index (χ4n) is 4.14. The van der Waals surface area contributed by atoms with Crippen LogP contribution in [0.4, 0.5) is 5.95 Å². The van der Waals surface area contributed by atoms with Gasteiger partial charge in [0.2, 0.25) is 5.95 Å². The van der Waals surface area contributed by atoms with Gasteiger partial charge in [-0.05, 0) is 34.5 Å². The minimum Gasteiger partial charge on any atom is -0.493 e. The van der Waals surface area contributed by atoms with E-state index in [4.69, 9.17) is 19.4 Å². The van der Waals surface area contributed by atoms with Crippen LogP contribution in [0.5, 0.6) is 11.5 Å². The highest BCUT2D eigenvalue weighted by molar-refractivity contribution is 5.97. The zero-order valence-electron chi connectivity index (χ0n) is 18.3. The lowest BCUT2D eigenvalue weighted by molar-refractivity contribution is 0.354. The van der Waals surface area contributed by atoms with E-state index in [-0.39, 0.29) is 0 Å². The first-order valence-electron chi connectivity index (χ1n) is 10.4. The minimum absolute atomic E-state index is 0.631. The molecule has 0 aliphatic rings. The first kappa shape index (κ1) is 19.9. The monoisotopic (exact) mass is 424 g/mol. The zero-order valence-corrected chi connectivity index (χ0v) is 18.3. The van der Waals surface area contributed by atoms with E-state index in [0.29, 0.717) is 18.0 Å². The molecule has 6 heteroatoms. The van der Waals surface area contributed by atoms with Crippen molar-refractivity contribution in [2.45, 2.75) is 6.54 Å². The van der Waals surface area contributed by atoms with Gasteiger partial charge in [0.1, 0.15) is 5.52 Å². The molecule has 0 amide bonds. The van der Waals surface area contributed by atoms with E-state index in [2.05, 4.69) is 58.4 Å². The number of nitrogens with zero attached hydrogens (tertiary/aromatic N) is 3. The Hall–Kier alpha value is -4.06. The number of benzene rings is 3. The number of pyridine rings is 1. The molecule has 2 heterocycles. The number of fused-ring (bicyclic) bond motifs is 2. The third-order valence-corrected chi connectivity index (χ3v) is 5.71. The van der Waals surface area contributed by atoms with Gasteiger partial charge in [-0.15, -0.1) is 0 Å². The third-order valence-electron chi connectivity index (χ3n) is 5.71. The Bertz CT molecular complexity index is 1420. The second kappa shape index (κ2) is 8.23. The van der Waals surface area contributed by atoms with Gasteiger partial charge in [-0.25, -0.2) is 4.98 Å². The van der Waals surface area contributed by atoms with Gasteiger partial charge in [-0.2, -0.15) is 0 Å². The molecule has 6 nitrogen and oxygen atoms in total. The Labute approximate surface area is 186 Å². The lowest BCUT2D eigenvalue weighted by Gasteiger charge is -2.13. The summed E-state index contributed by atoms with van der Waals surface area (Å²) in [4.78, 5) is 9.47. The number of hydrogen-bond acceptors (Lipinski definition) is 5. The van der Waals surface area contributed by atoms with Crippen molar-refractivity contribution >= 4 is 27.8 Å². The topological polar surface area (TPSA) is 61.2 Å². The van der Waals surface area contributed by atoms with Gasteiger partial charge in [0.05, 0.1) is 38.2 Å². The average Bonchev–Trinajstić information content (AvgIpc) is 3.20. The fourth-order valence-corrected chi connectivity index (χ4v) is 4.14. The van der Waals surface area contributed by atoms with E-state index in [0.717, 1.165) is 33.8 Å². The summed E-state index contributed by atoms with van der Waals surface area (Å²) in [6.45, 7) is 0.631. The second-order valence-electron chi connectivity index (χ2n) is 7.55. The molecule has 2 aromatic heterocycles. The Balaban J connectivity index is 1.63. The Morgan fingerprint density at radius 2 is 1.72 bits per heavy atom. The number of anilines is 1. The average molecular weight is 425 g/mol. The van der Waals surface area contributed by atoms with Crippen molar-refractivity contribution in [1.82, 2.24) is 14.5 Å². The molecular weight excluding hydrogens is 400 g/mol. The normalized spacial score (nSPS) is 11.1. The maximum atomic E-state index is 5.48. The van der Waals surface area contributed by atoms with Crippen molar-refractivity contribution in [2.75, 3.05) is 26.6 Å². The Morgan fingerprint density at radius 1 is 0.906 bits per heavy atom. The van der Waals surface area contributed by atoms with E-state index in [9.17, 15) is 0 Å². The van der Waals surface area contributed by atoms with E-state index in [1.54, 1.807) is 14.2 Å². The molecule has 0 bridgehead atoms. The quantitative estimate of drug-likeness (QED) is 0.398. The van der Waals surface area contributed by atoms with Gasteiger partial charge in [0.25, 0.3) is 0 Å². The highest BCUT2D eigenvalue weighted by Gasteiger charge is 2.14. The molecule has 0 fully saturated rings. The Morgan fingerprint density at radius 3 is 2.53 bits per heavy atom. The molecule has 0 saturated carbocycles. The molecule has 0 saturated heterocycles. The van der Waals surface area contributed by atoms with Gasteiger partial charge in [0, 0.05) is 12.6 Å². The van der Waals surface area contributed by atoms with Crippen molar-refractivity contribution < 1.29 is 9.47 Å². The number of hydrogen-bond donors (Lipinski definition) is 1. The second-order valence-corrected chi connectivity index (χ2v) is 7.55. The zero-order chi connectivity index (χ0) is 22.1. The summed E-state index contributed by atoms with van der Waals surface area (Å²) in [5, 5.41) is 5.59. The number of ether oxygens (including phenoxy) is 2. The molecular formula is C26H24N4O2. The van der Waals surface area contributed by atoms with Crippen molar-refractivity contribution in [1.29, 1.82) is 0 Å². The van der Waals surface area contributed by atoms with E-state index in [1.807, 2.05) is 31.4 Å². The summed E-state index contributed by atoms with van der Waals surface area (Å²) in [7, 11) is 5.17. The lowest BCUT2D eigenvalue weighted by atomic mass is 10.0. The Kier molecular flexibility index (Phi) is 5.11. The molecule has 3 aromatic carbocycles. The number of rotatable bonds is 6. The van der Waals surface area contributed by atoms with Gasteiger partial charge in [-0.3, -0.25) is 4.98 Å². The van der Waals surface area contributed by atoms with Crippen molar-refractivity contribution in [3.63, 3.8) is 0 Å². The molecule has 32 heavy (non-hydrogen) atoms. The summed E-state index contributed by atoms with van der Waals surface area (Å²) >= 11 is 0. The smallest absolute Gasteiger partial charge is 0.203 e.